The molecule has 0 aliphatic heterocycles. The third kappa shape index (κ3) is 4.79. The summed E-state index contributed by atoms with van der Waals surface area (Å²) >= 11 is 0. The molecule has 1 fully saturated rings. The second kappa shape index (κ2) is 9.81. The Hall–Kier alpha value is -4.41. The van der Waals surface area contributed by atoms with Crippen molar-refractivity contribution < 1.29 is 27.4 Å². The normalized spacial score (nSPS) is 14.1. The molecule has 1 aliphatic rings. The van der Waals surface area contributed by atoms with Crippen molar-refractivity contribution in [3.8, 4) is 34.0 Å². The third-order valence-electron chi connectivity index (χ3n) is 6.59. The molecular formula is C27H24F3N5O3. The van der Waals surface area contributed by atoms with Crippen molar-refractivity contribution in [2.75, 3.05) is 19.0 Å². The third-order valence-corrected chi connectivity index (χ3v) is 6.59. The van der Waals surface area contributed by atoms with Crippen LogP contribution in [0.3, 0.4) is 0 Å². The summed E-state index contributed by atoms with van der Waals surface area (Å²) in [4.78, 5) is 13.3. The van der Waals surface area contributed by atoms with Crippen molar-refractivity contribution in [3.63, 3.8) is 0 Å². The van der Waals surface area contributed by atoms with Gasteiger partial charge in [0.1, 0.15) is 0 Å². The van der Waals surface area contributed by atoms with Gasteiger partial charge in [0.15, 0.2) is 11.5 Å². The van der Waals surface area contributed by atoms with Gasteiger partial charge in [0.2, 0.25) is 11.7 Å². The summed E-state index contributed by atoms with van der Waals surface area (Å²) in [5.41, 5.74) is 1.64. The molecule has 196 valence electrons. The number of carbonyl (C=O) groups excluding carboxylic acids is 1. The Morgan fingerprint density at radius 2 is 1.79 bits per heavy atom. The molecule has 1 saturated carbocycles. The Morgan fingerprint density at radius 3 is 2.39 bits per heavy atom. The van der Waals surface area contributed by atoms with E-state index in [4.69, 9.17) is 9.47 Å². The number of nitrogens with zero attached hydrogens (tertiary/aromatic N) is 3. The van der Waals surface area contributed by atoms with Crippen LogP contribution in [0.15, 0.2) is 60.7 Å². The number of hydrogen-bond acceptors (Lipinski definition) is 6. The average Bonchev–Trinajstić information content (AvgIpc) is 3.55. The number of rotatable bonds is 8. The number of anilines is 1. The number of nitrogens with one attached hydrogen (secondary N) is 2. The largest absolute Gasteiger partial charge is 0.493 e. The molecule has 0 saturated heterocycles. The molecule has 0 radical (unpaired) electrons. The summed E-state index contributed by atoms with van der Waals surface area (Å²) in [5, 5.41) is 17.3. The van der Waals surface area contributed by atoms with Crippen LogP contribution >= 0.6 is 0 Å². The second-order valence-electron chi connectivity index (χ2n) is 8.91. The van der Waals surface area contributed by atoms with E-state index in [1.165, 1.54) is 12.1 Å². The molecule has 11 heteroatoms. The molecule has 3 aromatic carbocycles. The van der Waals surface area contributed by atoms with Crippen LogP contribution < -0.4 is 14.8 Å². The van der Waals surface area contributed by atoms with E-state index in [1.807, 2.05) is 31.2 Å². The highest BCUT2D eigenvalue weighted by Gasteiger charge is 2.51. The van der Waals surface area contributed by atoms with E-state index in [0.29, 0.717) is 53.6 Å². The van der Waals surface area contributed by atoms with Crippen molar-refractivity contribution in [1.82, 2.24) is 20.6 Å². The van der Waals surface area contributed by atoms with E-state index in [0.717, 1.165) is 23.3 Å². The lowest BCUT2D eigenvalue weighted by Gasteiger charge is -2.18. The quantitative estimate of drug-likeness (QED) is 0.310. The molecule has 1 amide bonds. The molecule has 0 unspecified atom stereocenters. The van der Waals surface area contributed by atoms with E-state index in [9.17, 15) is 18.0 Å². The van der Waals surface area contributed by atoms with E-state index in [1.54, 1.807) is 19.2 Å². The van der Waals surface area contributed by atoms with E-state index < -0.39 is 17.2 Å². The Kier molecular flexibility index (Phi) is 6.52. The number of methoxy groups -OCH3 is 1. The van der Waals surface area contributed by atoms with E-state index in [-0.39, 0.29) is 5.91 Å². The van der Waals surface area contributed by atoms with Crippen LogP contribution in [-0.2, 0) is 16.4 Å². The zero-order chi connectivity index (χ0) is 26.9. The molecule has 0 bridgehead atoms. The highest BCUT2D eigenvalue weighted by Crippen LogP contribution is 2.49. The second-order valence-corrected chi connectivity index (χ2v) is 8.91. The minimum Gasteiger partial charge on any atom is -0.493 e. The Labute approximate surface area is 216 Å². The molecule has 0 atom stereocenters. The Balaban J connectivity index is 1.45. The van der Waals surface area contributed by atoms with Gasteiger partial charge in [-0.15, -0.1) is 10.2 Å². The first-order valence-electron chi connectivity index (χ1n) is 11.9. The average molecular weight is 524 g/mol. The van der Waals surface area contributed by atoms with Crippen LogP contribution in [0.5, 0.6) is 11.5 Å². The highest BCUT2D eigenvalue weighted by molar-refractivity contribution is 6.02. The lowest BCUT2D eigenvalue weighted by molar-refractivity contribution is -0.137. The van der Waals surface area contributed by atoms with Crippen molar-refractivity contribution in [3.05, 3.63) is 71.8 Å². The first-order chi connectivity index (χ1) is 18.2. The van der Waals surface area contributed by atoms with Gasteiger partial charge in [0, 0.05) is 11.3 Å². The van der Waals surface area contributed by atoms with Gasteiger partial charge in [-0.3, -0.25) is 4.79 Å². The maximum Gasteiger partial charge on any atom is 0.416 e. The summed E-state index contributed by atoms with van der Waals surface area (Å²) in [5.74, 6) is 1.22. The van der Waals surface area contributed by atoms with Crippen molar-refractivity contribution in [2.24, 2.45) is 0 Å². The molecule has 5 rings (SSSR count). The Bertz CT molecular complexity index is 1450. The summed E-state index contributed by atoms with van der Waals surface area (Å²) in [6, 6.07) is 15.6. The maximum atomic E-state index is 13.3. The van der Waals surface area contributed by atoms with Gasteiger partial charge in [-0.1, -0.05) is 24.3 Å². The zero-order valence-corrected chi connectivity index (χ0v) is 20.6. The summed E-state index contributed by atoms with van der Waals surface area (Å²) < 4.78 is 50.0. The number of halogens is 3. The molecule has 4 aromatic rings. The molecule has 0 spiro atoms. The number of hydrogen-bond donors (Lipinski definition) is 2. The first-order valence-corrected chi connectivity index (χ1v) is 11.9. The molecule has 1 heterocycles. The van der Waals surface area contributed by atoms with Gasteiger partial charge in [0.05, 0.1) is 24.7 Å². The monoisotopic (exact) mass is 523 g/mol. The van der Waals surface area contributed by atoms with Crippen molar-refractivity contribution in [2.45, 2.75) is 31.4 Å². The predicted molar refractivity (Wildman–Crippen MR) is 134 cm³/mol. The van der Waals surface area contributed by atoms with Gasteiger partial charge >= 0.3 is 6.18 Å². The number of amides is 1. The first kappa shape index (κ1) is 25.2. The van der Waals surface area contributed by atoms with Crippen LogP contribution in [0.2, 0.25) is 0 Å². The standard InChI is InChI=1S/C27H24F3N5O3/c1-3-38-22-11-4-16(14-23(22)37-2)20-10-9-19(15-21(20)24-32-34-35-33-24)31-25(36)26(12-13-26)17-5-7-18(8-6-17)27(28,29)30/h4-11,14-15H,3,12-13H2,1-2H3,(H,31,36)(H,32,33,34,35). The van der Waals surface area contributed by atoms with Crippen LogP contribution in [0.25, 0.3) is 22.5 Å². The minimum atomic E-state index is -4.43. The number of ether oxygens (including phenoxy) is 2. The van der Waals surface area contributed by atoms with Crippen molar-refractivity contribution >= 4 is 11.6 Å². The number of aromatic amines is 1. The van der Waals surface area contributed by atoms with Crippen LogP contribution in [-0.4, -0.2) is 40.2 Å². The van der Waals surface area contributed by atoms with Crippen molar-refractivity contribution in [1.29, 1.82) is 0 Å². The number of H-pyrrole nitrogens is 1. The SMILES string of the molecule is CCOc1ccc(-c2ccc(NC(=O)C3(c4ccc(C(F)(F)F)cc4)CC3)cc2-c2nn[nH]n2)cc1OC. The van der Waals surface area contributed by atoms with Gasteiger partial charge in [-0.2, -0.15) is 18.4 Å². The Morgan fingerprint density at radius 1 is 1.03 bits per heavy atom. The molecule has 1 aliphatic carbocycles. The fourth-order valence-electron chi connectivity index (χ4n) is 4.45. The van der Waals surface area contributed by atoms with Gasteiger partial charge in [-0.25, -0.2) is 0 Å². The van der Waals surface area contributed by atoms with Crippen LogP contribution in [0, 0.1) is 0 Å². The van der Waals surface area contributed by atoms with Gasteiger partial charge in [-0.05, 0) is 78.1 Å². The summed E-state index contributed by atoms with van der Waals surface area (Å²) in [6.07, 6.45) is -3.34. The molecule has 38 heavy (non-hydrogen) atoms. The fourth-order valence-corrected chi connectivity index (χ4v) is 4.45. The zero-order valence-electron chi connectivity index (χ0n) is 20.6. The number of benzene rings is 3. The van der Waals surface area contributed by atoms with Gasteiger partial charge in [0.25, 0.3) is 0 Å². The van der Waals surface area contributed by atoms with E-state index in [2.05, 4.69) is 25.9 Å². The molecule has 1 aromatic heterocycles. The topological polar surface area (TPSA) is 102 Å². The predicted octanol–water partition coefficient (Wildman–Crippen LogP) is 5.63. The smallest absolute Gasteiger partial charge is 0.416 e. The lowest BCUT2D eigenvalue weighted by Crippen LogP contribution is -2.28. The van der Waals surface area contributed by atoms with Crippen LogP contribution in [0.1, 0.15) is 30.9 Å². The molecule has 2 N–H and O–H groups in total. The minimum absolute atomic E-state index is 0.285. The fraction of sp³-hybridized carbons (Fsp3) is 0.259. The molecular weight excluding hydrogens is 499 g/mol. The lowest BCUT2D eigenvalue weighted by atomic mass is 9.93. The highest BCUT2D eigenvalue weighted by atomic mass is 19.4. The van der Waals surface area contributed by atoms with E-state index >= 15 is 0 Å². The number of tetrazole rings is 1. The summed E-state index contributed by atoms with van der Waals surface area (Å²) in [6.45, 7) is 2.38. The molecule has 8 nitrogen and oxygen atoms in total. The van der Waals surface area contributed by atoms with Crippen LogP contribution in [0.4, 0.5) is 18.9 Å². The number of aromatic nitrogens is 4. The number of carbonyl (C=O) groups is 1. The maximum absolute atomic E-state index is 13.3. The van der Waals surface area contributed by atoms with Gasteiger partial charge < -0.3 is 14.8 Å². The summed E-state index contributed by atoms with van der Waals surface area (Å²) in [7, 11) is 1.56. The number of alkyl halides is 3.